The van der Waals surface area contributed by atoms with E-state index in [1.54, 1.807) is 20.8 Å². The van der Waals surface area contributed by atoms with Crippen LogP contribution in [0.1, 0.15) is 20.8 Å². The number of benzene rings is 1. The summed E-state index contributed by atoms with van der Waals surface area (Å²) in [4.78, 5) is 21.4. The van der Waals surface area contributed by atoms with Crippen LogP contribution in [0.5, 0.6) is 5.75 Å². The van der Waals surface area contributed by atoms with Crippen LogP contribution in [0.2, 0.25) is 0 Å². The summed E-state index contributed by atoms with van der Waals surface area (Å²) < 4.78 is 20.9. The molecule has 8 heteroatoms. The molecule has 0 bridgehead atoms. The SMILES string of the molecule is CC(C)(C)OC(=O)COCCOCCOc1ccc([N+](=O)[O-])cc1. The zero-order valence-electron chi connectivity index (χ0n) is 14.1. The number of nitro groups is 1. The predicted molar refractivity (Wildman–Crippen MR) is 86.1 cm³/mol. The van der Waals surface area contributed by atoms with Crippen molar-refractivity contribution < 1.29 is 28.7 Å². The van der Waals surface area contributed by atoms with E-state index in [1.165, 1.54) is 24.3 Å². The highest BCUT2D eigenvalue weighted by molar-refractivity contribution is 5.71. The number of carbonyl (C=O) groups is 1. The molecule has 0 heterocycles. The van der Waals surface area contributed by atoms with Crippen molar-refractivity contribution in [1.29, 1.82) is 0 Å². The zero-order chi connectivity index (χ0) is 18.0. The number of nitrogens with zero attached hydrogens (tertiary/aromatic N) is 1. The molecule has 0 aliphatic carbocycles. The average Bonchev–Trinajstić information content (AvgIpc) is 2.48. The van der Waals surface area contributed by atoms with Gasteiger partial charge in [-0.15, -0.1) is 0 Å². The number of rotatable bonds is 10. The Hall–Kier alpha value is -2.19. The van der Waals surface area contributed by atoms with Gasteiger partial charge < -0.3 is 18.9 Å². The first-order chi connectivity index (χ1) is 11.3. The third-order valence-corrected chi connectivity index (χ3v) is 2.56. The van der Waals surface area contributed by atoms with E-state index in [0.29, 0.717) is 25.6 Å². The summed E-state index contributed by atoms with van der Waals surface area (Å²) in [6.45, 7) is 6.51. The fraction of sp³-hybridized carbons (Fsp3) is 0.562. The molecule has 0 atom stereocenters. The van der Waals surface area contributed by atoms with Crippen LogP contribution >= 0.6 is 0 Å². The molecule has 1 aromatic carbocycles. The maximum absolute atomic E-state index is 11.4. The minimum Gasteiger partial charge on any atom is -0.491 e. The second kappa shape index (κ2) is 9.84. The molecular formula is C16H23NO7. The lowest BCUT2D eigenvalue weighted by atomic mass is 10.2. The van der Waals surface area contributed by atoms with Crippen molar-refractivity contribution >= 4 is 11.7 Å². The molecule has 0 N–H and O–H groups in total. The van der Waals surface area contributed by atoms with Crippen molar-refractivity contribution in [3.05, 3.63) is 34.4 Å². The van der Waals surface area contributed by atoms with Crippen LogP contribution in [0.25, 0.3) is 0 Å². The maximum atomic E-state index is 11.4. The summed E-state index contributed by atoms with van der Waals surface area (Å²) >= 11 is 0. The van der Waals surface area contributed by atoms with E-state index in [1.807, 2.05) is 0 Å². The normalized spacial score (nSPS) is 11.1. The quantitative estimate of drug-likeness (QED) is 0.279. The largest absolute Gasteiger partial charge is 0.491 e. The summed E-state index contributed by atoms with van der Waals surface area (Å²) in [6, 6.07) is 5.81. The van der Waals surface area contributed by atoms with Gasteiger partial charge in [0.25, 0.3) is 5.69 Å². The first-order valence-corrected chi connectivity index (χ1v) is 7.52. The number of hydrogen-bond donors (Lipinski definition) is 0. The van der Waals surface area contributed by atoms with E-state index < -0.39 is 16.5 Å². The summed E-state index contributed by atoms with van der Waals surface area (Å²) in [5, 5.41) is 10.5. The molecule has 1 aromatic rings. The molecule has 0 aromatic heterocycles. The van der Waals surface area contributed by atoms with Crippen LogP contribution in [0.15, 0.2) is 24.3 Å². The summed E-state index contributed by atoms with van der Waals surface area (Å²) in [7, 11) is 0. The van der Waals surface area contributed by atoms with E-state index in [-0.39, 0.29) is 18.9 Å². The van der Waals surface area contributed by atoms with Gasteiger partial charge in [-0.2, -0.15) is 0 Å². The van der Waals surface area contributed by atoms with Crippen LogP contribution in [0.3, 0.4) is 0 Å². The molecule has 0 unspecified atom stereocenters. The van der Waals surface area contributed by atoms with E-state index in [9.17, 15) is 14.9 Å². The van der Waals surface area contributed by atoms with Crippen LogP contribution in [0, 0.1) is 10.1 Å². The molecule has 8 nitrogen and oxygen atoms in total. The molecule has 0 saturated carbocycles. The Morgan fingerprint density at radius 2 is 1.62 bits per heavy atom. The molecule has 0 fully saturated rings. The van der Waals surface area contributed by atoms with E-state index in [4.69, 9.17) is 18.9 Å². The van der Waals surface area contributed by atoms with Crippen LogP contribution in [-0.4, -0.2) is 49.5 Å². The lowest BCUT2D eigenvalue weighted by Gasteiger charge is -2.19. The minimum absolute atomic E-state index is 0.0146. The third-order valence-electron chi connectivity index (χ3n) is 2.56. The highest BCUT2D eigenvalue weighted by Gasteiger charge is 2.15. The summed E-state index contributed by atoms with van der Waals surface area (Å²) in [6.07, 6.45) is 0. The molecule has 0 spiro atoms. The number of esters is 1. The van der Waals surface area contributed by atoms with Gasteiger partial charge in [0.15, 0.2) is 0 Å². The predicted octanol–water partition coefficient (Wildman–Crippen LogP) is 2.35. The first kappa shape index (κ1) is 19.9. The molecule has 0 amide bonds. The van der Waals surface area contributed by atoms with Crippen molar-refractivity contribution in [1.82, 2.24) is 0 Å². The van der Waals surface area contributed by atoms with Crippen molar-refractivity contribution in [3.63, 3.8) is 0 Å². The van der Waals surface area contributed by atoms with E-state index in [2.05, 4.69) is 0 Å². The van der Waals surface area contributed by atoms with E-state index >= 15 is 0 Å². The Labute approximate surface area is 140 Å². The van der Waals surface area contributed by atoms with Crippen molar-refractivity contribution in [2.45, 2.75) is 26.4 Å². The van der Waals surface area contributed by atoms with Gasteiger partial charge in [-0.1, -0.05) is 0 Å². The van der Waals surface area contributed by atoms with Gasteiger partial charge in [-0.25, -0.2) is 4.79 Å². The standard InChI is InChI=1S/C16H23NO7/c1-16(2,3)24-15(18)12-22-9-8-21-10-11-23-14-6-4-13(5-7-14)17(19)20/h4-7H,8-12H2,1-3H3. The number of non-ortho nitro benzene ring substituents is 1. The average molecular weight is 341 g/mol. The van der Waals surface area contributed by atoms with Crippen LogP contribution in [0.4, 0.5) is 5.69 Å². The highest BCUT2D eigenvalue weighted by atomic mass is 16.6. The number of ether oxygens (including phenoxy) is 4. The van der Waals surface area contributed by atoms with Crippen LogP contribution in [-0.2, 0) is 19.0 Å². The monoisotopic (exact) mass is 341 g/mol. The third kappa shape index (κ3) is 9.06. The van der Waals surface area contributed by atoms with E-state index in [0.717, 1.165) is 0 Å². The second-order valence-corrected chi connectivity index (χ2v) is 5.85. The second-order valence-electron chi connectivity index (χ2n) is 5.85. The van der Waals surface area contributed by atoms with Crippen LogP contribution < -0.4 is 4.74 Å². The Morgan fingerprint density at radius 3 is 2.21 bits per heavy atom. The Kier molecular flexibility index (Phi) is 8.14. The first-order valence-electron chi connectivity index (χ1n) is 7.52. The Balaban J connectivity index is 2.02. The van der Waals surface area contributed by atoms with Gasteiger partial charge >= 0.3 is 5.97 Å². The molecule has 134 valence electrons. The molecule has 0 aliphatic rings. The molecule has 0 saturated heterocycles. The molecular weight excluding hydrogens is 318 g/mol. The lowest BCUT2D eigenvalue weighted by Crippen LogP contribution is -2.27. The topological polar surface area (TPSA) is 97.1 Å². The maximum Gasteiger partial charge on any atom is 0.332 e. The molecule has 0 radical (unpaired) electrons. The Morgan fingerprint density at radius 1 is 1.04 bits per heavy atom. The van der Waals surface area contributed by atoms with Gasteiger partial charge in [0.1, 0.15) is 24.6 Å². The van der Waals surface area contributed by atoms with Crippen molar-refractivity contribution in [3.8, 4) is 5.75 Å². The highest BCUT2D eigenvalue weighted by Crippen LogP contribution is 2.17. The number of nitro benzene ring substituents is 1. The summed E-state index contributed by atoms with van der Waals surface area (Å²) in [5.41, 5.74) is -0.507. The fourth-order valence-electron chi connectivity index (χ4n) is 1.63. The van der Waals surface area contributed by atoms with Gasteiger partial charge in [0.2, 0.25) is 0 Å². The van der Waals surface area contributed by atoms with Gasteiger partial charge in [-0.3, -0.25) is 10.1 Å². The molecule has 24 heavy (non-hydrogen) atoms. The van der Waals surface area contributed by atoms with Gasteiger partial charge in [0.05, 0.1) is 24.7 Å². The fourth-order valence-corrected chi connectivity index (χ4v) is 1.63. The Bertz CT molecular complexity index is 522. The van der Waals surface area contributed by atoms with Crippen molar-refractivity contribution in [2.75, 3.05) is 33.0 Å². The van der Waals surface area contributed by atoms with Gasteiger partial charge in [-0.05, 0) is 32.9 Å². The van der Waals surface area contributed by atoms with Gasteiger partial charge in [0, 0.05) is 12.1 Å². The number of hydrogen-bond acceptors (Lipinski definition) is 7. The lowest BCUT2D eigenvalue weighted by molar-refractivity contribution is -0.384. The van der Waals surface area contributed by atoms with Crippen molar-refractivity contribution in [2.24, 2.45) is 0 Å². The number of carbonyl (C=O) groups excluding carboxylic acids is 1. The summed E-state index contributed by atoms with van der Waals surface area (Å²) in [5.74, 6) is 0.120. The smallest absolute Gasteiger partial charge is 0.332 e. The zero-order valence-corrected chi connectivity index (χ0v) is 14.1. The molecule has 1 rings (SSSR count). The minimum atomic E-state index is -0.522. The molecule has 0 aliphatic heterocycles.